The lowest BCUT2D eigenvalue weighted by Crippen LogP contribution is -2.28. The summed E-state index contributed by atoms with van der Waals surface area (Å²) in [5, 5.41) is 0. The number of Topliss-reactive ketones (excluding diaryl/α,β-unsaturated/α-hetero) is 1. The topological polar surface area (TPSA) is 17.1 Å². The van der Waals surface area contributed by atoms with E-state index >= 15 is 0 Å². The predicted octanol–water partition coefficient (Wildman–Crippen LogP) is 2.01. The third kappa shape index (κ3) is 0.380. The van der Waals surface area contributed by atoms with Crippen molar-refractivity contribution in [3.63, 3.8) is 0 Å². The molecule has 11 heavy (non-hydrogen) atoms. The highest BCUT2D eigenvalue weighted by Gasteiger charge is 2.79. The summed E-state index contributed by atoms with van der Waals surface area (Å²) in [6.07, 6.45) is 3.39. The lowest BCUT2D eigenvalue weighted by Gasteiger charge is -2.25. The SMILES string of the molecule is CC12CCC3C(CC1=O)C32C. The zero-order valence-corrected chi connectivity index (χ0v) is 7.18. The van der Waals surface area contributed by atoms with Crippen molar-refractivity contribution >= 4 is 5.78 Å². The van der Waals surface area contributed by atoms with E-state index in [2.05, 4.69) is 13.8 Å². The van der Waals surface area contributed by atoms with Gasteiger partial charge in [0.05, 0.1) is 0 Å². The first-order valence-electron chi connectivity index (χ1n) is 4.64. The summed E-state index contributed by atoms with van der Waals surface area (Å²) in [6, 6.07) is 0. The molecule has 0 amide bonds. The van der Waals surface area contributed by atoms with Gasteiger partial charge >= 0.3 is 0 Å². The van der Waals surface area contributed by atoms with Crippen LogP contribution in [0.3, 0.4) is 0 Å². The highest BCUT2D eigenvalue weighted by atomic mass is 16.1. The van der Waals surface area contributed by atoms with Crippen molar-refractivity contribution < 1.29 is 4.79 Å². The summed E-state index contributed by atoms with van der Waals surface area (Å²) in [5.41, 5.74) is 0.548. The van der Waals surface area contributed by atoms with Gasteiger partial charge in [-0.3, -0.25) is 4.79 Å². The molecule has 0 aromatic carbocycles. The van der Waals surface area contributed by atoms with Gasteiger partial charge in [-0.25, -0.2) is 0 Å². The third-order valence-corrected chi connectivity index (χ3v) is 5.08. The van der Waals surface area contributed by atoms with Gasteiger partial charge in [0.15, 0.2) is 0 Å². The number of hydrogen-bond acceptors (Lipinski definition) is 1. The van der Waals surface area contributed by atoms with Crippen LogP contribution in [0.4, 0.5) is 0 Å². The number of carbonyl (C=O) groups excluding carboxylic acids is 1. The van der Waals surface area contributed by atoms with Crippen LogP contribution in [-0.2, 0) is 4.79 Å². The molecular weight excluding hydrogens is 136 g/mol. The third-order valence-electron chi connectivity index (χ3n) is 5.08. The first kappa shape index (κ1) is 6.22. The van der Waals surface area contributed by atoms with E-state index in [-0.39, 0.29) is 5.41 Å². The van der Waals surface area contributed by atoms with Crippen LogP contribution >= 0.6 is 0 Å². The Hall–Kier alpha value is -0.330. The molecule has 1 heteroatoms. The van der Waals surface area contributed by atoms with Crippen molar-refractivity contribution in [2.24, 2.45) is 22.7 Å². The van der Waals surface area contributed by atoms with Crippen LogP contribution < -0.4 is 0 Å². The second-order valence-corrected chi connectivity index (χ2v) is 4.99. The van der Waals surface area contributed by atoms with Gasteiger partial charge in [-0.2, -0.15) is 0 Å². The largest absolute Gasteiger partial charge is 0.299 e. The minimum atomic E-state index is 0.0995. The second kappa shape index (κ2) is 1.30. The summed E-state index contributed by atoms with van der Waals surface area (Å²) in [6.45, 7) is 4.53. The molecule has 3 fully saturated rings. The highest BCUT2D eigenvalue weighted by molar-refractivity contribution is 5.91. The minimum Gasteiger partial charge on any atom is -0.299 e. The Morgan fingerprint density at radius 1 is 1.36 bits per heavy atom. The molecule has 3 rings (SSSR count). The van der Waals surface area contributed by atoms with Gasteiger partial charge in [0.1, 0.15) is 5.78 Å². The Morgan fingerprint density at radius 2 is 2.09 bits per heavy atom. The van der Waals surface area contributed by atoms with E-state index in [4.69, 9.17) is 0 Å². The van der Waals surface area contributed by atoms with Gasteiger partial charge in [0.2, 0.25) is 0 Å². The molecule has 0 spiro atoms. The van der Waals surface area contributed by atoms with Crippen LogP contribution in [-0.4, -0.2) is 5.78 Å². The second-order valence-electron chi connectivity index (χ2n) is 4.99. The molecule has 0 saturated heterocycles. The summed E-state index contributed by atoms with van der Waals surface area (Å²) in [7, 11) is 0. The monoisotopic (exact) mass is 150 g/mol. The molecule has 3 saturated carbocycles. The Balaban J connectivity index is 2.17. The highest BCUT2D eigenvalue weighted by Crippen LogP contribution is 2.81. The molecule has 3 aliphatic rings. The van der Waals surface area contributed by atoms with E-state index in [1.165, 1.54) is 12.8 Å². The van der Waals surface area contributed by atoms with Gasteiger partial charge in [0, 0.05) is 11.8 Å². The van der Waals surface area contributed by atoms with Crippen LogP contribution in [0.2, 0.25) is 0 Å². The minimum absolute atomic E-state index is 0.0995. The molecule has 4 unspecified atom stereocenters. The first-order chi connectivity index (χ1) is 5.11. The Kier molecular flexibility index (Phi) is 0.733. The Labute approximate surface area is 67.2 Å². The molecule has 0 aliphatic heterocycles. The molecule has 0 radical (unpaired) electrons. The quantitative estimate of drug-likeness (QED) is 0.516. The fraction of sp³-hybridized carbons (Fsp3) is 0.900. The van der Waals surface area contributed by atoms with Crippen molar-refractivity contribution in [1.29, 1.82) is 0 Å². The van der Waals surface area contributed by atoms with Crippen LogP contribution in [0.25, 0.3) is 0 Å². The maximum atomic E-state index is 11.6. The van der Waals surface area contributed by atoms with E-state index in [1.807, 2.05) is 0 Å². The van der Waals surface area contributed by atoms with Crippen molar-refractivity contribution in [2.75, 3.05) is 0 Å². The van der Waals surface area contributed by atoms with Crippen molar-refractivity contribution in [3.8, 4) is 0 Å². The number of rotatable bonds is 0. The molecule has 4 atom stereocenters. The van der Waals surface area contributed by atoms with Gasteiger partial charge in [-0.05, 0) is 30.1 Å². The number of hydrogen-bond donors (Lipinski definition) is 0. The van der Waals surface area contributed by atoms with E-state index < -0.39 is 0 Å². The summed E-state index contributed by atoms with van der Waals surface area (Å²) in [4.78, 5) is 11.6. The molecular formula is C10H14O. The van der Waals surface area contributed by atoms with Crippen molar-refractivity contribution in [3.05, 3.63) is 0 Å². The molecule has 0 bridgehead atoms. The molecule has 60 valence electrons. The summed E-state index contributed by atoms with van der Waals surface area (Å²) in [5.74, 6) is 2.26. The fourth-order valence-corrected chi connectivity index (χ4v) is 3.95. The average molecular weight is 150 g/mol. The van der Waals surface area contributed by atoms with Gasteiger partial charge in [-0.15, -0.1) is 0 Å². The fourth-order valence-electron chi connectivity index (χ4n) is 3.95. The molecule has 0 aromatic rings. The molecule has 0 aromatic heterocycles. The Morgan fingerprint density at radius 3 is 2.64 bits per heavy atom. The van der Waals surface area contributed by atoms with Gasteiger partial charge < -0.3 is 0 Å². The standard InChI is InChI=1S/C10H14O/c1-9-4-3-6-7(5-8(9)11)10(6,9)2/h6-7H,3-5H2,1-2H3. The van der Waals surface area contributed by atoms with E-state index in [9.17, 15) is 4.79 Å². The van der Waals surface area contributed by atoms with Crippen LogP contribution in [0, 0.1) is 22.7 Å². The van der Waals surface area contributed by atoms with E-state index in [1.54, 1.807) is 0 Å². The normalized spacial score (nSPS) is 65.1. The zero-order chi connectivity index (χ0) is 7.85. The van der Waals surface area contributed by atoms with E-state index in [0.717, 1.165) is 18.3 Å². The van der Waals surface area contributed by atoms with Gasteiger partial charge in [0.25, 0.3) is 0 Å². The molecule has 1 nitrogen and oxygen atoms in total. The van der Waals surface area contributed by atoms with Crippen LogP contribution in [0.5, 0.6) is 0 Å². The van der Waals surface area contributed by atoms with Crippen LogP contribution in [0.15, 0.2) is 0 Å². The van der Waals surface area contributed by atoms with Crippen LogP contribution in [0.1, 0.15) is 33.1 Å². The van der Waals surface area contributed by atoms with Crippen molar-refractivity contribution in [1.82, 2.24) is 0 Å². The zero-order valence-electron chi connectivity index (χ0n) is 7.18. The molecule has 0 N–H and O–H groups in total. The Bertz CT molecular complexity index is 258. The maximum Gasteiger partial charge on any atom is 0.139 e. The average Bonchev–Trinajstić information content (AvgIpc) is 2.39. The number of fused-ring (bicyclic) bond motifs is 1. The lowest BCUT2D eigenvalue weighted by molar-refractivity contribution is -0.127. The molecule has 3 aliphatic carbocycles. The lowest BCUT2D eigenvalue weighted by atomic mass is 9.76. The molecule has 0 heterocycles. The summed E-state index contributed by atoms with van der Waals surface area (Å²) >= 11 is 0. The van der Waals surface area contributed by atoms with E-state index in [0.29, 0.717) is 11.2 Å². The van der Waals surface area contributed by atoms with Crippen molar-refractivity contribution in [2.45, 2.75) is 33.1 Å². The predicted molar refractivity (Wildman–Crippen MR) is 42.1 cm³/mol. The summed E-state index contributed by atoms with van der Waals surface area (Å²) < 4.78 is 0. The first-order valence-corrected chi connectivity index (χ1v) is 4.64. The number of ketones is 1. The maximum absolute atomic E-state index is 11.6. The smallest absolute Gasteiger partial charge is 0.139 e. The van der Waals surface area contributed by atoms with Gasteiger partial charge in [-0.1, -0.05) is 13.8 Å². The number of carbonyl (C=O) groups is 1.